The van der Waals surface area contributed by atoms with Crippen LogP contribution in [0.1, 0.15) is 18.4 Å². The van der Waals surface area contributed by atoms with Crippen molar-refractivity contribution < 1.29 is 24.2 Å². The SMILES string of the molecule is O=C(O)CCC1CN(C(=O)OCc2ccccc2)CCO1. The largest absolute Gasteiger partial charge is 0.481 e. The summed E-state index contributed by atoms with van der Waals surface area (Å²) in [5.74, 6) is -0.859. The van der Waals surface area contributed by atoms with Crippen molar-refractivity contribution in [1.82, 2.24) is 4.90 Å². The molecule has 1 saturated heterocycles. The summed E-state index contributed by atoms with van der Waals surface area (Å²) in [6.07, 6.45) is -0.184. The number of amides is 1. The molecule has 1 atom stereocenters. The molecule has 2 rings (SSSR count). The lowest BCUT2D eigenvalue weighted by atomic mass is 10.1. The van der Waals surface area contributed by atoms with Gasteiger partial charge in [0.2, 0.25) is 0 Å². The van der Waals surface area contributed by atoms with Gasteiger partial charge in [0, 0.05) is 13.0 Å². The van der Waals surface area contributed by atoms with Crippen molar-refractivity contribution in [2.24, 2.45) is 0 Å². The summed E-state index contributed by atoms with van der Waals surface area (Å²) in [5.41, 5.74) is 0.932. The second kappa shape index (κ2) is 7.64. The Balaban J connectivity index is 1.77. The predicted molar refractivity (Wildman–Crippen MR) is 74.8 cm³/mol. The summed E-state index contributed by atoms with van der Waals surface area (Å²) < 4.78 is 10.7. The van der Waals surface area contributed by atoms with Gasteiger partial charge < -0.3 is 19.5 Å². The molecule has 6 nitrogen and oxygen atoms in total. The fraction of sp³-hybridized carbons (Fsp3) is 0.467. The lowest BCUT2D eigenvalue weighted by molar-refractivity contribution is -0.138. The summed E-state index contributed by atoms with van der Waals surface area (Å²) in [6.45, 7) is 1.49. The Morgan fingerprint density at radius 1 is 1.33 bits per heavy atom. The van der Waals surface area contributed by atoms with Gasteiger partial charge in [-0.25, -0.2) is 4.79 Å². The highest BCUT2D eigenvalue weighted by Gasteiger charge is 2.25. The number of carboxylic acids is 1. The Labute approximate surface area is 123 Å². The maximum atomic E-state index is 12.0. The van der Waals surface area contributed by atoms with E-state index in [1.165, 1.54) is 0 Å². The standard InChI is InChI=1S/C15H19NO5/c17-14(18)7-6-13-10-16(8-9-20-13)15(19)21-11-12-4-2-1-3-5-12/h1-5,13H,6-11H2,(H,17,18). The van der Waals surface area contributed by atoms with Gasteiger partial charge in [-0.1, -0.05) is 30.3 Å². The van der Waals surface area contributed by atoms with Crippen molar-refractivity contribution in [3.63, 3.8) is 0 Å². The minimum atomic E-state index is -0.859. The van der Waals surface area contributed by atoms with Crippen LogP contribution in [-0.2, 0) is 20.9 Å². The second-order valence-electron chi connectivity index (χ2n) is 4.91. The number of hydrogen-bond donors (Lipinski definition) is 1. The molecule has 0 aromatic heterocycles. The van der Waals surface area contributed by atoms with Crippen LogP contribution in [0.2, 0.25) is 0 Å². The van der Waals surface area contributed by atoms with Gasteiger partial charge in [-0.3, -0.25) is 4.79 Å². The fourth-order valence-corrected chi connectivity index (χ4v) is 2.15. The molecule has 1 N–H and O–H groups in total. The van der Waals surface area contributed by atoms with Crippen LogP contribution in [0, 0.1) is 0 Å². The van der Waals surface area contributed by atoms with Gasteiger partial charge in [-0.2, -0.15) is 0 Å². The third-order valence-electron chi connectivity index (χ3n) is 3.28. The molecule has 1 aromatic rings. The van der Waals surface area contributed by atoms with E-state index in [4.69, 9.17) is 14.6 Å². The van der Waals surface area contributed by atoms with E-state index in [0.29, 0.717) is 26.1 Å². The van der Waals surface area contributed by atoms with E-state index in [9.17, 15) is 9.59 Å². The zero-order chi connectivity index (χ0) is 15.1. The number of ether oxygens (including phenoxy) is 2. The summed E-state index contributed by atoms with van der Waals surface area (Å²) in [7, 11) is 0. The van der Waals surface area contributed by atoms with Gasteiger partial charge in [0.15, 0.2) is 0 Å². The van der Waals surface area contributed by atoms with E-state index in [-0.39, 0.29) is 25.2 Å². The molecule has 1 aliphatic heterocycles. The molecule has 1 aliphatic rings. The molecule has 0 saturated carbocycles. The zero-order valence-corrected chi connectivity index (χ0v) is 11.7. The van der Waals surface area contributed by atoms with E-state index in [0.717, 1.165) is 5.56 Å². The Morgan fingerprint density at radius 3 is 2.81 bits per heavy atom. The van der Waals surface area contributed by atoms with E-state index in [2.05, 4.69) is 0 Å². The van der Waals surface area contributed by atoms with Crippen LogP contribution >= 0.6 is 0 Å². The molecule has 0 spiro atoms. The van der Waals surface area contributed by atoms with E-state index in [1.807, 2.05) is 30.3 Å². The number of carboxylic acid groups (broad SMARTS) is 1. The second-order valence-corrected chi connectivity index (χ2v) is 4.91. The molecule has 1 aromatic carbocycles. The van der Waals surface area contributed by atoms with Crippen LogP contribution in [0.3, 0.4) is 0 Å². The highest BCUT2D eigenvalue weighted by atomic mass is 16.6. The molecule has 1 unspecified atom stereocenters. The first kappa shape index (κ1) is 15.3. The van der Waals surface area contributed by atoms with Crippen LogP contribution in [-0.4, -0.2) is 47.9 Å². The van der Waals surface area contributed by atoms with Gasteiger partial charge in [0.05, 0.1) is 19.3 Å². The smallest absolute Gasteiger partial charge is 0.410 e. The Kier molecular flexibility index (Phi) is 5.57. The van der Waals surface area contributed by atoms with Gasteiger partial charge in [-0.05, 0) is 12.0 Å². The minimum absolute atomic E-state index is 0.0393. The van der Waals surface area contributed by atoms with Gasteiger partial charge in [0.25, 0.3) is 0 Å². The van der Waals surface area contributed by atoms with Crippen molar-refractivity contribution in [2.45, 2.75) is 25.6 Å². The third-order valence-corrected chi connectivity index (χ3v) is 3.28. The van der Waals surface area contributed by atoms with Crippen molar-refractivity contribution in [3.8, 4) is 0 Å². The van der Waals surface area contributed by atoms with Gasteiger partial charge in [0.1, 0.15) is 6.61 Å². The first-order valence-electron chi connectivity index (χ1n) is 6.94. The molecule has 0 aliphatic carbocycles. The van der Waals surface area contributed by atoms with Crippen LogP contribution < -0.4 is 0 Å². The Bertz CT molecular complexity index is 476. The van der Waals surface area contributed by atoms with E-state index < -0.39 is 5.97 Å². The monoisotopic (exact) mass is 293 g/mol. The van der Waals surface area contributed by atoms with Gasteiger partial charge >= 0.3 is 12.1 Å². The Morgan fingerprint density at radius 2 is 2.10 bits per heavy atom. The average molecular weight is 293 g/mol. The Hall–Kier alpha value is -2.08. The fourth-order valence-electron chi connectivity index (χ4n) is 2.15. The number of benzene rings is 1. The lowest BCUT2D eigenvalue weighted by Gasteiger charge is -2.32. The molecule has 1 fully saturated rings. The summed E-state index contributed by atoms with van der Waals surface area (Å²) in [5, 5.41) is 8.67. The molecule has 6 heteroatoms. The number of nitrogens with zero attached hydrogens (tertiary/aromatic N) is 1. The lowest BCUT2D eigenvalue weighted by Crippen LogP contribution is -2.45. The maximum absolute atomic E-state index is 12.0. The summed E-state index contributed by atoms with van der Waals surface area (Å²) >= 11 is 0. The maximum Gasteiger partial charge on any atom is 0.410 e. The number of aliphatic carboxylic acids is 1. The van der Waals surface area contributed by atoms with Crippen LogP contribution in [0.5, 0.6) is 0 Å². The van der Waals surface area contributed by atoms with Crippen molar-refractivity contribution in [1.29, 1.82) is 0 Å². The molecule has 1 amide bonds. The normalized spacial score (nSPS) is 18.3. The van der Waals surface area contributed by atoms with Crippen LogP contribution in [0.4, 0.5) is 4.79 Å². The van der Waals surface area contributed by atoms with Crippen LogP contribution in [0.25, 0.3) is 0 Å². The van der Waals surface area contributed by atoms with Crippen molar-refractivity contribution in [2.75, 3.05) is 19.7 Å². The summed E-state index contributed by atoms with van der Waals surface area (Å²) in [6, 6.07) is 9.46. The number of carbonyl (C=O) groups excluding carboxylic acids is 1. The average Bonchev–Trinajstić information content (AvgIpc) is 2.52. The third kappa shape index (κ3) is 5.07. The number of hydrogen-bond acceptors (Lipinski definition) is 4. The first-order chi connectivity index (χ1) is 10.1. The molecular weight excluding hydrogens is 274 g/mol. The molecule has 0 bridgehead atoms. The molecule has 0 radical (unpaired) electrons. The number of rotatable bonds is 5. The molecule has 114 valence electrons. The highest BCUT2D eigenvalue weighted by molar-refractivity contribution is 5.68. The quantitative estimate of drug-likeness (QED) is 0.897. The summed E-state index contributed by atoms with van der Waals surface area (Å²) in [4.78, 5) is 24.1. The number of morpholine rings is 1. The van der Waals surface area contributed by atoms with E-state index in [1.54, 1.807) is 4.90 Å². The molecule has 21 heavy (non-hydrogen) atoms. The number of carbonyl (C=O) groups is 2. The highest BCUT2D eigenvalue weighted by Crippen LogP contribution is 2.12. The predicted octanol–water partition coefficient (Wildman–Crippen LogP) is 1.89. The first-order valence-corrected chi connectivity index (χ1v) is 6.94. The van der Waals surface area contributed by atoms with E-state index >= 15 is 0 Å². The molecular formula is C15H19NO5. The zero-order valence-electron chi connectivity index (χ0n) is 11.7. The van der Waals surface area contributed by atoms with Crippen LogP contribution in [0.15, 0.2) is 30.3 Å². The minimum Gasteiger partial charge on any atom is -0.481 e. The molecule has 1 heterocycles. The van der Waals surface area contributed by atoms with Gasteiger partial charge in [-0.15, -0.1) is 0 Å². The van der Waals surface area contributed by atoms with Crippen molar-refractivity contribution >= 4 is 12.1 Å². The van der Waals surface area contributed by atoms with Crippen molar-refractivity contribution in [3.05, 3.63) is 35.9 Å². The topological polar surface area (TPSA) is 76.1 Å².